The van der Waals surface area contributed by atoms with Crippen LogP contribution in [0.5, 0.6) is 0 Å². The van der Waals surface area contributed by atoms with E-state index in [1.807, 2.05) is 6.92 Å². The number of carbonyl (C=O) groups is 1. The smallest absolute Gasteiger partial charge is 0.302 e. The highest BCUT2D eigenvalue weighted by Crippen LogP contribution is 2.12. The number of rotatable bonds is 2. The molecule has 2 unspecified atom stereocenters. The first-order valence-corrected chi connectivity index (χ1v) is 3.03. The molecule has 0 amide bonds. The van der Waals surface area contributed by atoms with Crippen molar-refractivity contribution >= 4 is 5.97 Å². The van der Waals surface area contributed by atoms with Gasteiger partial charge in [0.1, 0.15) is 6.61 Å². The summed E-state index contributed by atoms with van der Waals surface area (Å²) in [5.41, 5.74) is 0. The van der Waals surface area contributed by atoms with Crippen LogP contribution in [0.3, 0.4) is 0 Å². The van der Waals surface area contributed by atoms with E-state index in [1.54, 1.807) is 0 Å². The molecule has 0 N–H and O–H groups in total. The van der Waals surface area contributed by atoms with Crippen LogP contribution in [0.15, 0.2) is 0 Å². The van der Waals surface area contributed by atoms with Gasteiger partial charge in [0.15, 0.2) is 0 Å². The number of ether oxygens (including phenoxy) is 1. The molecule has 0 aliphatic carbocycles. The summed E-state index contributed by atoms with van der Waals surface area (Å²) < 4.78 is 4.70. The molecule has 1 fully saturated rings. The minimum Gasteiger partial charge on any atom is -0.464 e. The molecule has 0 spiro atoms. The summed E-state index contributed by atoms with van der Waals surface area (Å²) >= 11 is 0. The van der Waals surface area contributed by atoms with E-state index in [1.165, 1.54) is 6.92 Å². The lowest BCUT2D eigenvalue weighted by Gasteiger charge is -1.95. The maximum Gasteiger partial charge on any atom is 0.302 e. The van der Waals surface area contributed by atoms with Gasteiger partial charge in [-0.25, -0.2) is 5.32 Å². The minimum absolute atomic E-state index is 0.218. The van der Waals surface area contributed by atoms with Gasteiger partial charge in [0.05, 0.1) is 6.04 Å². The molecular weight excluding hydrogens is 118 g/mol. The lowest BCUT2D eigenvalue weighted by Crippen LogP contribution is -2.07. The molecule has 0 aromatic carbocycles. The second-order valence-electron chi connectivity index (χ2n) is 2.26. The van der Waals surface area contributed by atoms with E-state index < -0.39 is 0 Å². The Hall–Kier alpha value is -0.570. The third kappa shape index (κ3) is 2.01. The summed E-state index contributed by atoms with van der Waals surface area (Å²) in [6.45, 7) is 3.89. The fourth-order valence-corrected chi connectivity index (χ4v) is 0.637. The SMILES string of the molecule is CC(=O)OCC1[N]C1C. The Morgan fingerprint density at radius 1 is 1.78 bits per heavy atom. The highest BCUT2D eigenvalue weighted by molar-refractivity contribution is 5.65. The van der Waals surface area contributed by atoms with Gasteiger partial charge in [0.2, 0.25) is 0 Å². The zero-order valence-corrected chi connectivity index (χ0v) is 5.63. The van der Waals surface area contributed by atoms with Crippen LogP contribution in [0.2, 0.25) is 0 Å². The number of hydrogen-bond acceptors (Lipinski definition) is 2. The first-order chi connectivity index (χ1) is 4.20. The van der Waals surface area contributed by atoms with Crippen LogP contribution < -0.4 is 5.32 Å². The Balaban J connectivity index is 2.00. The van der Waals surface area contributed by atoms with E-state index in [-0.39, 0.29) is 12.0 Å². The normalized spacial score (nSPS) is 31.8. The van der Waals surface area contributed by atoms with Crippen LogP contribution in [0, 0.1) is 0 Å². The van der Waals surface area contributed by atoms with Crippen molar-refractivity contribution in [2.75, 3.05) is 6.61 Å². The molecule has 1 saturated heterocycles. The molecule has 3 nitrogen and oxygen atoms in total. The van der Waals surface area contributed by atoms with Gasteiger partial charge in [0, 0.05) is 13.0 Å². The molecule has 1 rings (SSSR count). The van der Waals surface area contributed by atoms with Gasteiger partial charge < -0.3 is 4.74 Å². The van der Waals surface area contributed by atoms with Crippen LogP contribution in [0.1, 0.15) is 13.8 Å². The Morgan fingerprint density at radius 2 is 2.33 bits per heavy atom. The molecule has 1 radical (unpaired) electrons. The Labute approximate surface area is 54.4 Å². The largest absolute Gasteiger partial charge is 0.464 e. The molecule has 9 heavy (non-hydrogen) atoms. The number of nitrogens with zero attached hydrogens (tertiary/aromatic N) is 1. The third-order valence-corrected chi connectivity index (χ3v) is 1.35. The van der Waals surface area contributed by atoms with E-state index in [0.29, 0.717) is 12.6 Å². The van der Waals surface area contributed by atoms with Crippen LogP contribution in [-0.2, 0) is 9.53 Å². The molecule has 51 valence electrons. The topological polar surface area (TPSA) is 40.4 Å². The van der Waals surface area contributed by atoms with E-state index in [2.05, 4.69) is 5.32 Å². The Bertz CT molecular complexity index is 124. The van der Waals surface area contributed by atoms with Crippen molar-refractivity contribution in [2.24, 2.45) is 0 Å². The van der Waals surface area contributed by atoms with Gasteiger partial charge in [-0.05, 0) is 6.92 Å². The first kappa shape index (κ1) is 6.55. The summed E-state index contributed by atoms with van der Waals surface area (Å²) in [4.78, 5) is 10.2. The van der Waals surface area contributed by atoms with E-state index in [0.717, 1.165) is 0 Å². The highest BCUT2D eigenvalue weighted by atomic mass is 16.5. The first-order valence-electron chi connectivity index (χ1n) is 3.03. The molecule has 3 heteroatoms. The fraction of sp³-hybridized carbons (Fsp3) is 0.833. The predicted molar refractivity (Wildman–Crippen MR) is 32.0 cm³/mol. The van der Waals surface area contributed by atoms with Crippen molar-refractivity contribution in [3.8, 4) is 0 Å². The van der Waals surface area contributed by atoms with Crippen molar-refractivity contribution in [3.05, 3.63) is 0 Å². The van der Waals surface area contributed by atoms with Crippen LogP contribution >= 0.6 is 0 Å². The average molecular weight is 128 g/mol. The van der Waals surface area contributed by atoms with Crippen molar-refractivity contribution in [1.29, 1.82) is 0 Å². The zero-order chi connectivity index (χ0) is 6.85. The quantitative estimate of drug-likeness (QED) is 0.385. The van der Waals surface area contributed by atoms with E-state index in [9.17, 15) is 4.79 Å². The number of hydrogen-bond donors (Lipinski definition) is 0. The lowest BCUT2D eigenvalue weighted by atomic mass is 10.4. The minimum atomic E-state index is -0.218. The summed E-state index contributed by atoms with van der Waals surface area (Å²) in [5, 5.41) is 4.05. The van der Waals surface area contributed by atoms with Crippen LogP contribution in [0.4, 0.5) is 0 Å². The molecule has 0 aromatic rings. The van der Waals surface area contributed by atoms with Crippen molar-refractivity contribution in [2.45, 2.75) is 25.9 Å². The van der Waals surface area contributed by atoms with Crippen LogP contribution in [0.25, 0.3) is 0 Å². The standard InChI is InChI=1S/C6H10NO2/c1-4-6(7-4)3-9-5(2)8/h4,6H,3H2,1-2H3. The predicted octanol–water partition coefficient (Wildman–Crippen LogP) is -0.0754. The monoisotopic (exact) mass is 128 g/mol. The third-order valence-electron chi connectivity index (χ3n) is 1.35. The van der Waals surface area contributed by atoms with Gasteiger partial charge in [-0.2, -0.15) is 0 Å². The summed E-state index contributed by atoms with van der Waals surface area (Å²) in [7, 11) is 0. The molecule has 1 aliphatic heterocycles. The molecule has 0 saturated carbocycles. The van der Waals surface area contributed by atoms with Gasteiger partial charge in [0.25, 0.3) is 0 Å². The average Bonchev–Trinajstić information content (AvgIpc) is 2.42. The number of carbonyl (C=O) groups excluding carboxylic acids is 1. The molecule has 0 bridgehead atoms. The second kappa shape index (κ2) is 2.35. The Kier molecular flexibility index (Phi) is 1.71. The summed E-state index contributed by atoms with van der Waals surface area (Å²) in [5.74, 6) is -0.218. The van der Waals surface area contributed by atoms with Gasteiger partial charge in [-0.3, -0.25) is 4.79 Å². The van der Waals surface area contributed by atoms with Crippen LogP contribution in [-0.4, -0.2) is 24.7 Å². The van der Waals surface area contributed by atoms with Crippen molar-refractivity contribution in [3.63, 3.8) is 0 Å². The Morgan fingerprint density at radius 3 is 2.67 bits per heavy atom. The fourth-order valence-electron chi connectivity index (χ4n) is 0.637. The highest BCUT2D eigenvalue weighted by Gasteiger charge is 2.34. The number of esters is 1. The maximum atomic E-state index is 10.2. The van der Waals surface area contributed by atoms with Crippen molar-refractivity contribution in [1.82, 2.24) is 5.32 Å². The molecule has 1 aliphatic rings. The molecule has 1 heterocycles. The molecule has 0 aromatic heterocycles. The van der Waals surface area contributed by atoms with E-state index in [4.69, 9.17) is 4.74 Å². The zero-order valence-electron chi connectivity index (χ0n) is 5.63. The molecule has 2 atom stereocenters. The second-order valence-corrected chi connectivity index (χ2v) is 2.26. The van der Waals surface area contributed by atoms with Crippen molar-refractivity contribution < 1.29 is 9.53 Å². The maximum absolute atomic E-state index is 10.2. The van der Waals surface area contributed by atoms with Gasteiger partial charge >= 0.3 is 5.97 Å². The lowest BCUT2D eigenvalue weighted by molar-refractivity contribution is -0.140. The van der Waals surface area contributed by atoms with Gasteiger partial charge in [-0.15, -0.1) is 0 Å². The summed E-state index contributed by atoms with van der Waals surface area (Å²) in [6.07, 6.45) is 0. The van der Waals surface area contributed by atoms with Gasteiger partial charge in [-0.1, -0.05) is 0 Å². The van der Waals surface area contributed by atoms with E-state index >= 15 is 0 Å². The molecular formula is C6H10NO2. The summed E-state index contributed by atoms with van der Waals surface area (Å²) in [6, 6.07) is 0.693.